The standard InChI is InChI=1S/C17H22F3NO3/c1-10(2)16(3,23)9-21-15(22)13-8-12(13)11-6-4-5-7-14(11)24-17(18,19)20/h4-7,10,12-13,23H,8-9H2,1-3H3,(H,21,22). The second kappa shape index (κ2) is 6.63. The van der Waals surface area contributed by atoms with Crippen molar-refractivity contribution in [3.05, 3.63) is 29.8 Å². The summed E-state index contributed by atoms with van der Waals surface area (Å²) in [5, 5.41) is 12.8. The first kappa shape index (κ1) is 18.6. The highest BCUT2D eigenvalue weighted by Crippen LogP contribution is 2.51. The molecular formula is C17H22F3NO3. The zero-order chi connectivity index (χ0) is 18.1. The molecular weight excluding hydrogens is 323 g/mol. The van der Waals surface area contributed by atoms with Crippen LogP contribution in [-0.4, -0.2) is 29.5 Å². The van der Waals surface area contributed by atoms with Gasteiger partial charge < -0.3 is 15.2 Å². The lowest BCUT2D eigenvalue weighted by atomic mass is 9.92. The third-order valence-electron chi connectivity index (χ3n) is 4.54. The average Bonchev–Trinajstić information content (AvgIpc) is 3.24. The number of benzene rings is 1. The van der Waals surface area contributed by atoms with Crippen LogP contribution in [0.15, 0.2) is 24.3 Å². The molecule has 1 saturated carbocycles. The predicted molar refractivity (Wildman–Crippen MR) is 82.4 cm³/mol. The van der Waals surface area contributed by atoms with Crippen LogP contribution in [0.2, 0.25) is 0 Å². The molecule has 0 radical (unpaired) electrons. The Balaban J connectivity index is 1.99. The molecule has 1 aliphatic carbocycles. The average molecular weight is 345 g/mol. The predicted octanol–water partition coefficient (Wildman–Crippen LogP) is 3.21. The molecule has 2 rings (SSSR count). The van der Waals surface area contributed by atoms with Gasteiger partial charge in [0, 0.05) is 12.5 Å². The topological polar surface area (TPSA) is 58.6 Å². The van der Waals surface area contributed by atoms with E-state index in [1.54, 1.807) is 19.1 Å². The number of halogens is 3. The molecule has 0 aliphatic heterocycles. The summed E-state index contributed by atoms with van der Waals surface area (Å²) in [6.45, 7) is 5.43. The molecule has 134 valence electrons. The maximum Gasteiger partial charge on any atom is 0.573 e. The highest BCUT2D eigenvalue weighted by atomic mass is 19.4. The van der Waals surface area contributed by atoms with Crippen LogP contribution in [0.3, 0.4) is 0 Å². The number of carbonyl (C=O) groups is 1. The lowest BCUT2D eigenvalue weighted by molar-refractivity contribution is -0.274. The first-order valence-corrected chi connectivity index (χ1v) is 7.86. The van der Waals surface area contributed by atoms with Crippen LogP contribution in [0.1, 0.15) is 38.7 Å². The molecule has 2 N–H and O–H groups in total. The summed E-state index contributed by atoms with van der Waals surface area (Å²) < 4.78 is 41.4. The van der Waals surface area contributed by atoms with E-state index in [0.29, 0.717) is 12.0 Å². The number of aliphatic hydroxyl groups is 1. The number of hydrogen-bond acceptors (Lipinski definition) is 3. The molecule has 4 nitrogen and oxygen atoms in total. The van der Waals surface area contributed by atoms with E-state index in [4.69, 9.17) is 0 Å². The Morgan fingerprint density at radius 1 is 1.38 bits per heavy atom. The van der Waals surface area contributed by atoms with Crippen LogP contribution in [0.4, 0.5) is 13.2 Å². The number of alkyl halides is 3. The van der Waals surface area contributed by atoms with E-state index < -0.39 is 17.9 Å². The second-order valence-corrected chi connectivity index (χ2v) is 6.76. The minimum absolute atomic E-state index is 0.0336. The summed E-state index contributed by atoms with van der Waals surface area (Å²) in [5.41, 5.74) is -0.650. The number of para-hydroxylation sites is 1. The number of amides is 1. The molecule has 0 heterocycles. The Kier molecular flexibility index (Phi) is 5.13. The van der Waals surface area contributed by atoms with Gasteiger partial charge in [-0.25, -0.2) is 0 Å². The van der Waals surface area contributed by atoms with E-state index in [-0.39, 0.29) is 30.0 Å². The van der Waals surface area contributed by atoms with Gasteiger partial charge in [-0.05, 0) is 36.8 Å². The molecule has 3 unspecified atom stereocenters. The monoisotopic (exact) mass is 345 g/mol. The van der Waals surface area contributed by atoms with Crippen molar-refractivity contribution in [2.75, 3.05) is 6.54 Å². The lowest BCUT2D eigenvalue weighted by Crippen LogP contribution is -2.44. The van der Waals surface area contributed by atoms with E-state index >= 15 is 0 Å². The summed E-state index contributed by atoms with van der Waals surface area (Å²) in [5.74, 6) is -1.26. The molecule has 7 heteroatoms. The van der Waals surface area contributed by atoms with Gasteiger partial charge in [-0.15, -0.1) is 13.2 Å². The van der Waals surface area contributed by atoms with Crippen molar-refractivity contribution in [3.8, 4) is 5.75 Å². The molecule has 0 saturated heterocycles. The van der Waals surface area contributed by atoms with E-state index in [0.717, 1.165) is 0 Å². The summed E-state index contributed by atoms with van der Waals surface area (Å²) in [6, 6.07) is 5.88. The zero-order valence-electron chi connectivity index (χ0n) is 13.9. The number of ether oxygens (including phenoxy) is 1. The highest BCUT2D eigenvalue weighted by molar-refractivity contribution is 5.83. The molecule has 3 atom stereocenters. The third kappa shape index (κ3) is 4.63. The smallest absolute Gasteiger partial charge is 0.405 e. The van der Waals surface area contributed by atoms with Crippen LogP contribution < -0.4 is 10.1 Å². The Morgan fingerprint density at radius 2 is 2.00 bits per heavy atom. The summed E-state index contributed by atoms with van der Waals surface area (Å²) in [7, 11) is 0. The molecule has 1 aromatic rings. The van der Waals surface area contributed by atoms with Crippen molar-refractivity contribution in [2.24, 2.45) is 11.8 Å². The Hall–Kier alpha value is -1.76. The first-order valence-electron chi connectivity index (χ1n) is 7.86. The van der Waals surface area contributed by atoms with Crippen LogP contribution >= 0.6 is 0 Å². The zero-order valence-corrected chi connectivity index (χ0v) is 13.9. The van der Waals surface area contributed by atoms with E-state index in [2.05, 4.69) is 10.1 Å². The second-order valence-electron chi connectivity index (χ2n) is 6.76. The quantitative estimate of drug-likeness (QED) is 0.832. The number of nitrogens with one attached hydrogen (secondary N) is 1. The molecule has 0 spiro atoms. The van der Waals surface area contributed by atoms with Crippen molar-refractivity contribution in [3.63, 3.8) is 0 Å². The minimum Gasteiger partial charge on any atom is -0.405 e. The number of rotatable bonds is 6. The summed E-state index contributed by atoms with van der Waals surface area (Å²) in [6.07, 6.45) is -4.30. The Morgan fingerprint density at radius 3 is 2.58 bits per heavy atom. The van der Waals surface area contributed by atoms with Gasteiger partial charge in [0.05, 0.1) is 5.60 Å². The first-order chi connectivity index (χ1) is 11.0. The van der Waals surface area contributed by atoms with Crippen molar-refractivity contribution in [1.82, 2.24) is 5.32 Å². The van der Waals surface area contributed by atoms with Crippen LogP contribution in [0.25, 0.3) is 0 Å². The van der Waals surface area contributed by atoms with Gasteiger partial charge in [0.2, 0.25) is 5.91 Å². The maximum absolute atomic E-state index is 12.5. The Labute approximate surface area is 139 Å². The van der Waals surface area contributed by atoms with Gasteiger partial charge in [0.25, 0.3) is 0 Å². The van der Waals surface area contributed by atoms with E-state index in [9.17, 15) is 23.1 Å². The molecule has 0 aromatic heterocycles. The van der Waals surface area contributed by atoms with E-state index in [1.165, 1.54) is 12.1 Å². The molecule has 1 aromatic carbocycles. The van der Waals surface area contributed by atoms with Gasteiger partial charge in [-0.1, -0.05) is 32.0 Å². The van der Waals surface area contributed by atoms with Gasteiger partial charge in [-0.2, -0.15) is 0 Å². The third-order valence-corrected chi connectivity index (χ3v) is 4.54. The molecule has 1 aliphatic rings. The Bertz CT molecular complexity index is 599. The van der Waals surface area contributed by atoms with Gasteiger partial charge in [0.15, 0.2) is 0 Å². The summed E-state index contributed by atoms with van der Waals surface area (Å²) in [4.78, 5) is 12.2. The fourth-order valence-corrected chi connectivity index (χ4v) is 2.43. The lowest BCUT2D eigenvalue weighted by Gasteiger charge is -2.27. The van der Waals surface area contributed by atoms with Gasteiger partial charge in [0.1, 0.15) is 5.75 Å². The van der Waals surface area contributed by atoms with Gasteiger partial charge in [-0.3, -0.25) is 4.79 Å². The molecule has 1 fully saturated rings. The van der Waals surface area contributed by atoms with Crippen molar-refractivity contribution < 1.29 is 27.8 Å². The number of hydrogen-bond donors (Lipinski definition) is 2. The minimum atomic E-state index is -4.77. The normalized spacial score (nSPS) is 22.8. The number of carbonyl (C=O) groups excluding carboxylic acids is 1. The fraction of sp³-hybridized carbons (Fsp3) is 0.588. The van der Waals surface area contributed by atoms with Crippen LogP contribution in [0, 0.1) is 11.8 Å². The van der Waals surface area contributed by atoms with Crippen LogP contribution in [0.5, 0.6) is 5.75 Å². The largest absolute Gasteiger partial charge is 0.573 e. The molecule has 24 heavy (non-hydrogen) atoms. The highest BCUT2D eigenvalue weighted by Gasteiger charge is 2.46. The van der Waals surface area contributed by atoms with E-state index in [1.807, 2.05) is 13.8 Å². The van der Waals surface area contributed by atoms with Gasteiger partial charge >= 0.3 is 6.36 Å². The molecule has 1 amide bonds. The van der Waals surface area contributed by atoms with Crippen molar-refractivity contribution in [2.45, 2.75) is 45.1 Å². The summed E-state index contributed by atoms with van der Waals surface area (Å²) >= 11 is 0. The van der Waals surface area contributed by atoms with Crippen molar-refractivity contribution >= 4 is 5.91 Å². The fourth-order valence-electron chi connectivity index (χ4n) is 2.43. The SMILES string of the molecule is CC(C)C(C)(O)CNC(=O)C1CC1c1ccccc1OC(F)(F)F. The molecule has 0 bridgehead atoms. The van der Waals surface area contributed by atoms with Crippen molar-refractivity contribution in [1.29, 1.82) is 0 Å². The maximum atomic E-state index is 12.5. The van der Waals surface area contributed by atoms with Crippen LogP contribution in [-0.2, 0) is 4.79 Å².